The van der Waals surface area contributed by atoms with Crippen molar-refractivity contribution in [3.05, 3.63) is 103 Å². The molecule has 0 spiro atoms. The maximum absolute atomic E-state index is 13.3. The smallest absolute Gasteiger partial charge is 0.266 e. The molecule has 1 aromatic heterocycles. The van der Waals surface area contributed by atoms with E-state index in [1.807, 2.05) is 0 Å². The van der Waals surface area contributed by atoms with Crippen LogP contribution >= 0.6 is 46.4 Å². The standard InChI is InChI=1S/C26H10Cl4N2O4/c27-18-16-17(19(28)21(30)20(18)29)24(34)15(23(16)33)13-9-8-10-4-3-7-14(22(10)31-13)32-25(35)11-5-1-2-6-12(11)26(32)36/h1-9,15H. The van der Waals surface area contributed by atoms with Crippen LogP contribution in [0.5, 0.6) is 0 Å². The Morgan fingerprint density at radius 1 is 0.639 bits per heavy atom. The molecule has 10 heteroatoms. The number of pyridine rings is 1. The maximum atomic E-state index is 13.3. The first-order chi connectivity index (χ1) is 17.2. The Hall–Kier alpha value is -3.29. The van der Waals surface area contributed by atoms with Crippen molar-refractivity contribution in [2.24, 2.45) is 0 Å². The summed E-state index contributed by atoms with van der Waals surface area (Å²) in [4.78, 5) is 58.5. The van der Waals surface area contributed by atoms with Gasteiger partial charge in [0.2, 0.25) is 0 Å². The summed E-state index contributed by atoms with van der Waals surface area (Å²) >= 11 is 24.8. The van der Waals surface area contributed by atoms with E-state index in [-0.39, 0.29) is 59.2 Å². The number of imide groups is 1. The van der Waals surface area contributed by atoms with Crippen LogP contribution in [0.4, 0.5) is 5.69 Å². The quantitative estimate of drug-likeness (QED) is 0.117. The van der Waals surface area contributed by atoms with Gasteiger partial charge in [-0.3, -0.25) is 19.2 Å². The van der Waals surface area contributed by atoms with Crippen LogP contribution in [0.1, 0.15) is 53.0 Å². The summed E-state index contributed by atoms with van der Waals surface area (Å²) in [7, 11) is 0. The summed E-state index contributed by atoms with van der Waals surface area (Å²) in [5.74, 6) is -3.56. The van der Waals surface area contributed by atoms with Crippen molar-refractivity contribution >= 4 is 86.4 Å². The summed E-state index contributed by atoms with van der Waals surface area (Å²) in [5, 5.41) is 0.0423. The van der Waals surface area contributed by atoms with Crippen molar-refractivity contribution in [1.82, 2.24) is 4.98 Å². The van der Waals surface area contributed by atoms with Crippen LogP contribution in [0.25, 0.3) is 10.9 Å². The van der Waals surface area contributed by atoms with Crippen molar-refractivity contribution in [3.63, 3.8) is 0 Å². The zero-order chi connectivity index (χ0) is 25.5. The molecule has 0 saturated carbocycles. The van der Waals surface area contributed by atoms with Crippen LogP contribution < -0.4 is 4.90 Å². The van der Waals surface area contributed by atoms with Crippen LogP contribution in [0.3, 0.4) is 0 Å². The van der Waals surface area contributed by atoms with Crippen molar-refractivity contribution in [2.45, 2.75) is 5.92 Å². The second-order valence-electron chi connectivity index (χ2n) is 8.24. The van der Waals surface area contributed by atoms with Gasteiger partial charge in [-0.2, -0.15) is 0 Å². The third kappa shape index (κ3) is 3.02. The van der Waals surface area contributed by atoms with Gasteiger partial charge in [-0.05, 0) is 24.3 Å². The SMILES string of the molecule is O=C1c2c(Cl)c(Cl)c(Cl)c(Cl)c2C(=O)C1c1ccc2cccc(N3C(=O)c4ccccc4C3=O)c2n1. The Morgan fingerprint density at radius 3 is 1.75 bits per heavy atom. The molecule has 1 aliphatic carbocycles. The van der Waals surface area contributed by atoms with Gasteiger partial charge >= 0.3 is 0 Å². The van der Waals surface area contributed by atoms with Crippen molar-refractivity contribution in [1.29, 1.82) is 0 Å². The Labute approximate surface area is 223 Å². The van der Waals surface area contributed by atoms with Crippen LogP contribution in [0.2, 0.25) is 20.1 Å². The lowest BCUT2D eigenvalue weighted by molar-refractivity contribution is 0.0882. The zero-order valence-corrected chi connectivity index (χ0v) is 20.8. The zero-order valence-electron chi connectivity index (χ0n) is 17.8. The molecule has 2 amide bonds. The van der Waals surface area contributed by atoms with E-state index in [1.54, 1.807) is 48.5 Å². The van der Waals surface area contributed by atoms with E-state index in [0.717, 1.165) is 4.90 Å². The highest BCUT2D eigenvalue weighted by Gasteiger charge is 2.45. The summed E-state index contributed by atoms with van der Waals surface area (Å²) < 4.78 is 0. The number of fused-ring (bicyclic) bond motifs is 3. The first kappa shape index (κ1) is 23.1. The predicted octanol–water partition coefficient (Wildman–Crippen LogP) is 6.81. The number of Topliss-reactive ketones (excluding diaryl/α,β-unsaturated/α-hetero) is 2. The van der Waals surface area contributed by atoms with Crippen LogP contribution in [-0.2, 0) is 0 Å². The van der Waals surface area contributed by atoms with Crippen molar-refractivity contribution in [2.75, 3.05) is 4.90 Å². The Kier molecular flexibility index (Phi) is 5.21. The van der Waals surface area contributed by atoms with Gasteiger partial charge in [-0.15, -0.1) is 0 Å². The molecule has 4 aromatic rings. The minimum atomic E-state index is -1.34. The predicted molar refractivity (Wildman–Crippen MR) is 137 cm³/mol. The highest BCUT2D eigenvalue weighted by Crippen LogP contribution is 2.48. The average molecular weight is 556 g/mol. The molecule has 2 aliphatic rings. The van der Waals surface area contributed by atoms with E-state index < -0.39 is 29.3 Å². The molecule has 176 valence electrons. The number of aromatic nitrogens is 1. The van der Waals surface area contributed by atoms with Crippen LogP contribution in [-0.4, -0.2) is 28.4 Å². The summed E-state index contributed by atoms with van der Waals surface area (Å²) in [6, 6.07) is 14.7. The average Bonchev–Trinajstić information content (AvgIpc) is 3.30. The molecular weight excluding hydrogens is 546 g/mol. The maximum Gasteiger partial charge on any atom is 0.266 e. The van der Waals surface area contributed by atoms with E-state index in [0.29, 0.717) is 5.39 Å². The Bertz CT molecular complexity index is 1650. The monoisotopic (exact) mass is 554 g/mol. The number of para-hydroxylation sites is 1. The molecule has 0 atom stereocenters. The number of rotatable bonds is 2. The normalized spacial score (nSPS) is 15.3. The molecule has 0 bridgehead atoms. The number of carbonyl (C=O) groups excluding carboxylic acids is 4. The van der Waals surface area contributed by atoms with Gasteiger partial charge in [0.25, 0.3) is 11.8 Å². The first-order valence-corrected chi connectivity index (χ1v) is 12.1. The molecule has 0 saturated heterocycles. The lowest BCUT2D eigenvalue weighted by atomic mass is 9.98. The topological polar surface area (TPSA) is 84.4 Å². The van der Waals surface area contributed by atoms with E-state index in [4.69, 9.17) is 46.4 Å². The lowest BCUT2D eigenvalue weighted by Gasteiger charge is -2.17. The number of nitrogens with zero attached hydrogens (tertiary/aromatic N) is 2. The fourth-order valence-corrected chi connectivity index (χ4v) is 5.71. The van der Waals surface area contributed by atoms with E-state index in [1.165, 1.54) is 6.07 Å². The fourth-order valence-electron chi connectivity index (χ4n) is 4.67. The highest BCUT2D eigenvalue weighted by molar-refractivity contribution is 6.55. The number of hydrogen-bond acceptors (Lipinski definition) is 5. The second kappa shape index (κ2) is 8.11. The number of anilines is 1. The molecule has 1 aliphatic heterocycles. The second-order valence-corrected chi connectivity index (χ2v) is 9.76. The van der Waals surface area contributed by atoms with Gasteiger partial charge in [0.1, 0.15) is 5.92 Å². The van der Waals surface area contributed by atoms with E-state index >= 15 is 0 Å². The first-order valence-electron chi connectivity index (χ1n) is 10.5. The number of halogens is 4. The Balaban J connectivity index is 1.51. The van der Waals surface area contributed by atoms with Crippen molar-refractivity contribution in [3.8, 4) is 0 Å². The number of benzene rings is 3. The minimum Gasteiger partial charge on any atom is -0.293 e. The molecule has 0 N–H and O–H groups in total. The summed E-state index contributed by atoms with van der Waals surface area (Å²) in [6.07, 6.45) is 0. The molecule has 36 heavy (non-hydrogen) atoms. The number of ketones is 2. The summed E-state index contributed by atoms with van der Waals surface area (Å²) in [5.41, 5.74) is 0.961. The Morgan fingerprint density at radius 2 is 1.19 bits per heavy atom. The van der Waals surface area contributed by atoms with Gasteiger partial charge in [0.05, 0.1) is 59.2 Å². The van der Waals surface area contributed by atoms with E-state index in [9.17, 15) is 19.2 Å². The largest absolute Gasteiger partial charge is 0.293 e. The molecule has 3 aromatic carbocycles. The van der Waals surface area contributed by atoms with Gasteiger partial charge in [-0.25, -0.2) is 9.88 Å². The fraction of sp³-hybridized carbons (Fsp3) is 0.0385. The molecule has 6 rings (SSSR count). The highest BCUT2D eigenvalue weighted by atomic mass is 35.5. The molecule has 2 heterocycles. The van der Waals surface area contributed by atoms with Crippen molar-refractivity contribution < 1.29 is 19.2 Å². The van der Waals surface area contributed by atoms with Gasteiger partial charge in [-0.1, -0.05) is 76.7 Å². The molecule has 0 fully saturated rings. The van der Waals surface area contributed by atoms with Crippen LogP contribution in [0, 0.1) is 0 Å². The number of carbonyl (C=O) groups is 4. The number of amides is 2. The summed E-state index contributed by atoms with van der Waals surface area (Å²) in [6.45, 7) is 0. The van der Waals surface area contributed by atoms with Gasteiger partial charge < -0.3 is 0 Å². The van der Waals surface area contributed by atoms with Crippen LogP contribution in [0.15, 0.2) is 54.6 Å². The van der Waals surface area contributed by atoms with Gasteiger partial charge in [0.15, 0.2) is 11.6 Å². The third-order valence-corrected chi connectivity index (χ3v) is 8.14. The third-order valence-electron chi connectivity index (χ3n) is 6.34. The molecule has 0 unspecified atom stereocenters. The lowest BCUT2D eigenvalue weighted by Crippen LogP contribution is -2.29. The number of hydrogen-bond donors (Lipinski definition) is 0. The van der Waals surface area contributed by atoms with Gasteiger partial charge in [0, 0.05) is 5.39 Å². The molecular formula is C26H10Cl4N2O4. The minimum absolute atomic E-state index is 0.108. The van der Waals surface area contributed by atoms with E-state index in [2.05, 4.69) is 4.98 Å². The molecule has 6 nitrogen and oxygen atoms in total. The molecule has 0 radical (unpaired) electrons.